The second kappa shape index (κ2) is 7.32. The topological polar surface area (TPSA) is 119 Å². The molecule has 1 amide bonds. The van der Waals surface area contributed by atoms with Gasteiger partial charge in [-0.1, -0.05) is 11.6 Å². The molecule has 1 aliphatic rings. The molecule has 1 fully saturated rings. The summed E-state index contributed by atoms with van der Waals surface area (Å²) in [4.78, 5) is 21.0. The molecule has 3 heterocycles. The number of carbonyl (C=O) groups is 1. The Morgan fingerprint density at radius 1 is 1.37 bits per heavy atom. The van der Waals surface area contributed by atoms with E-state index in [1.165, 1.54) is 11.2 Å². The number of methoxy groups -OCH3 is 1. The summed E-state index contributed by atoms with van der Waals surface area (Å²) in [5.74, 6) is 1.10. The molecule has 1 unspecified atom stereocenters. The summed E-state index contributed by atoms with van der Waals surface area (Å²) in [6.45, 7) is 6.61. The molecule has 0 radical (unpaired) electrons. The monoisotopic (exact) mass is 430 g/mol. The third-order valence-electron chi connectivity index (χ3n) is 5.83. The maximum absolute atomic E-state index is 11.2. The molecule has 4 rings (SSSR count). The van der Waals surface area contributed by atoms with Gasteiger partial charge >= 0.3 is 6.09 Å². The van der Waals surface area contributed by atoms with E-state index < -0.39 is 6.09 Å². The molecule has 3 N–H and O–H groups in total. The van der Waals surface area contributed by atoms with Crippen LogP contribution in [0.1, 0.15) is 41.3 Å². The molecule has 10 heteroatoms. The summed E-state index contributed by atoms with van der Waals surface area (Å²) in [7, 11) is 1.61. The van der Waals surface area contributed by atoms with Crippen molar-refractivity contribution in [1.82, 2.24) is 24.6 Å². The second-order valence-electron chi connectivity index (χ2n) is 7.57. The summed E-state index contributed by atoms with van der Waals surface area (Å²) in [5, 5.41) is 15.2. The number of rotatable bonds is 4. The Balaban J connectivity index is 1.84. The number of hydrogen-bond donors (Lipinski definition) is 2. The molecule has 0 spiro atoms. The lowest BCUT2D eigenvalue weighted by atomic mass is 9.85. The van der Waals surface area contributed by atoms with Crippen molar-refractivity contribution in [2.45, 2.75) is 32.7 Å². The highest BCUT2D eigenvalue weighted by atomic mass is 35.5. The first-order valence-corrected chi connectivity index (χ1v) is 9.92. The number of carboxylic acid groups (broad SMARTS) is 1. The van der Waals surface area contributed by atoms with E-state index in [1.807, 2.05) is 26.8 Å². The molecule has 3 aromatic rings. The fourth-order valence-corrected chi connectivity index (χ4v) is 4.40. The maximum atomic E-state index is 11.2. The van der Waals surface area contributed by atoms with Crippen LogP contribution in [0.2, 0.25) is 5.02 Å². The van der Waals surface area contributed by atoms with Crippen molar-refractivity contribution >= 4 is 34.5 Å². The van der Waals surface area contributed by atoms with Crippen LogP contribution < -0.4 is 10.5 Å². The average molecular weight is 431 g/mol. The van der Waals surface area contributed by atoms with Crippen molar-refractivity contribution in [3.05, 3.63) is 39.8 Å². The van der Waals surface area contributed by atoms with Gasteiger partial charge in [0.2, 0.25) is 0 Å². The Labute approximate surface area is 178 Å². The molecule has 9 nitrogen and oxygen atoms in total. The van der Waals surface area contributed by atoms with E-state index in [0.29, 0.717) is 35.3 Å². The van der Waals surface area contributed by atoms with E-state index in [1.54, 1.807) is 11.8 Å². The van der Waals surface area contributed by atoms with E-state index >= 15 is 0 Å². The average Bonchev–Trinajstić information content (AvgIpc) is 3.00. The van der Waals surface area contributed by atoms with Gasteiger partial charge < -0.3 is 20.5 Å². The van der Waals surface area contributed by atoms with E-state index in [4.69, 9.17) is 22.1 Å². The zero-order valence-corrected chi connectivity index (χ0v) is 17.9. The standard InChI is InChI=1S/C20H23ClN6O3/c1-9-14(21)5-13(17(30-4)15(9)12-6-26(7-12)20(28)29)11(3)27-19-16(10(2)25-27)18(22)23-8-24-19/h5,8,11-12H,6-7H2,1-4H3,(H,28,29)(H2,22,23,24). The largest absolute Gasteiger partial charge is 0.496 e. The van der Waals surface area contributed by atoms with Crippen LogP contribution >= 0.6 is 11.6 Å². The minimum Gasteiger partial charge on any atom is -0.496 e. The number of halogens is 1. The molecular formula is C20H23ClN6O3. The van der Waals surface area contributed by atoms with Crippen LogP contribution in [-0.2, 0) is 0 Å². The molecule has 0 saturated carbocycles. The van der Waals surface area contributed by atoms with Crippen LogP contribution in [0.5, 0.6) is 5.75 Å². The lowest BCUT2D eigenvalue weighted by molar-refractivity contribution is 0.104. The summed E-state index contributed by atoms with van der Waals surface area (Å²) in [6, 6.07) is 1.63. The summed E-state index contributed by atoms with van der Waals surface area (Å²) in [5.41, 5.74) is 10.1. The maximum Gasteiger partial charge on any atom is 0.407 e. The lowest BCUT2D eigenvalue weighted by Gasteiger charge is -2.39. The van der Waals surface area contributed by atoms with Gasteiger partial charge in [-0.2, -0.15) is 5.10 Å². The number of likely N-dealkylation sites (tertiary alicyclic amines) is 1. The second-order valence-corrected chi connectivity index (χ2v) is 7.97. The molecular weight excluding hydrogens is 408 g/mol. The van der Waals surface area contributed by atoms with Crippen LogP contribution in [0.25, 0.3) is 11.0 Å². The van der Waals surface area contributed by atoms with Crippen LogP contribution in [-0.4, -0.2) is 56.0 Å². The van der Waals surface area contributed by atoms with Crippen LogP contribution in [0.3, 0.4) is 0 Å². The summed E-state index contributed by atoms with van der Waals surface area (Å²) >= 11 is 6.59. The van der Waals surface area contributed by atoms with Gasteiger partial charge in [0.15, 0.2) is 5.65 Å². The third-order valence-corrected chi connectivity index (χ3v) is 6.22. The van der Waals surface area contributed by atoms with Gasteiger partial charge in [0.25, 0.3) is 0 Å². The van der Waals surface area contributed by atoms with E-state index in [9.17, 15) is 9.90 Å². The number of nitrogen functional groups attached to an aromatic ring is 1. The first-order valence-electron chi connectivity index (χ1n) is 9.54. The highest BCUT2D eigenvalue weighted by molar-refractivity contribution is 6.31. The zero-order valence-electron chi connectivity index (χ0n) is 17.2. The molecule has 1 aromatic carbocycles. The summed E-state index contributed by atoms with van der Waals surface area (Å²) in [6.07, 6.45) is 0.496. The predicted octanol–water partition coefficient (Wildman–Crippen LogP) is 3.37. The van der Waals surface area contributed by atoms with Gasteiger partial charge in [-0.15, -0.1) is 0 Å². The minimum atomic E-state index is -0.922. The number of aryl methyl sites for hydroxylation is 1. The first-order chi connectivity index (χ1) is 14.2. The van der Waals surface area contributed by atoms with Gasteiger partial charge in [0, 0.05) is 35.2 Å². The minimum absolute atomic E-state index is 0.0229. The molecule has 158 valence electrons. The van der Waals surface area contributed by atoms with Gasteiger partial charge in [-0.3, -0.25) is 0 Å². The fraction of sp³-hybridized carbons (Fsp3) is 0.400. The normalized spacial score (nSPS) is 15.3. The van der Waals surface area contributed by atoms with Crippen molar-refractivity contribution in [2.24, 2.45) is 0 Å². The number of ether oxygens (including phenoxy) is 1. The highest BCUT2D eigenvalue weighted by Gasteiger charge is 2.36. The van der Waals surface area contributed by atoms with E-state index in [-0.39, 0.29) is 12.0 Å². The van der Waals surface area contributed by atoms with Crippen molar-refractivity contribution < 1.29 is 14.6 Å². The zero-order chi connectivity index (χ0) is 21.7. The number of benzene rings is 1. The number of aromatic nitrogens is 4. The van der Waals surface area contributed by atoms with Crippen LogP contribution in [0, 0.1) is 13.8 Å². The number of anilines is 1. The Bertz CT molecular complexity index is 1160. The summed E-state index contributed by atoms with van der Waals surface area (Å²) < 4.78 is 7.62. The smallest absolute Gasteiger partial charge is 0.407 e. The van der Waals surface area contributed by atoms with Gasteiger partial charge in [0.05, 0.1) is 24.2 Å². The number of nitrogens with zero attached hydrogens (tertiary/aromatic N) is 5. The molecule has 30 heavy (non-hydrogen) atoms. The predicted molar refractivity (Wildman–Crippen MR) is 113 cm³/mol. The molecule has 1 saturated heterocycles. The Morgan fingerprint density at radius 2 is 2.07 bits per heavy atom. The SMILES string of the molecule is COc1c(C(C)n2nc(C)c3c(N)ncnc32)cc(Cl)c(C)c1C1CN(C(=O)O)C1. The number of nitrogens with two attached hydrogens (primary N) is 1. The molecule has 1 aliphatic heterocycles. The van der Waals surface area contributed by atoms with Crippen LogP contribution in [0.4, 0.5) is 10.6 Å². The quantitative estimate of drug-likeness (QED) is 0.651. The van der Waals surface area contributed by atoms with Gasteiger partial charge in [-0.05, 0) is 32.4 Å². The molecule has 1 atom stereocenters. The fourth-order valence-electron chi connectivity index (χ4n) is 4.18. The number of fused-ring (bicyclic) bond motifs is 1. The first kappa shape index (κ1) is 20.2. The van der Waals surface area contributed by atoms with Crippen LogP contribution in [0.15, 0.2) is 12.4 Å². The molecule has 0 bridgehead atoms. The van der Waals surface area contributed by atoms with Gasteiger partial charge in [-0.25, -0.2) is 19.4 Å². The molecule has 2 aromatic heterocycles. The van der Waals surface area contributed by atoms with Crippen molar-refractivity contribution in [3.8, 4) is 5.75 Å². The van der Waals surface area contributed by atoms with Gasteiger partial charge in [0.1, 0.15) is 17.9 Å². The Hall–Kier alpha value is -3.07. The van der Waals surface area contributed by atoms with E-state index in [2.05, 4.69) is 15.1 Å². The molecule has 0 aliphatic carbocycles. The lowest BCUT2D eigenvalue weighted by Crippen LogP contribution is -2.48. The van der Waals surface area contributed by atoms with Crippen molar-refractivity contribution in [1.29, 1.82) is 0 Å². The van der Waals surface area contributed by atoms with Crippen molar-refractivity contribution in [3.63, 3.8) is 0 Å². The third kappa shape index (κ3) is 3.00. The Morgan fingerprint density at radius 3 is 2.70 bits per heavy atom. The van der Waals surface area contributed by atoms with E-state index in [0.717, 1.165) is 27.8 Å². The number of amides is 1. The van der Waals surface area contributed by atoms with Crippen molar-refractivity contribution in [2.75, 3.05) is 25.9 Å². The Kier molecular flexibility index (Phi) is 4.93. The number of hydrogen-bond acceptors (Lipinski definition) is 6. The highest BCUT2D eigenvalue weighted by Crippen LogP contribution is 2.44.